The molecule has 0 aliphatic heterocycles. The lowest BCUT2D eigenvalue weighted by Gasteiger charge is -2.11. The number of nitrogens with zero attached hydrogens (tertiary/aromatic N) is 1. The highest BCUT2D eigenvalue weighted by Gasteiger charge is 2.15. The van der Waals surface area contributed by atoms with E-state index in [1.54, 1.807) is 36.4 Å². The van der Waals surface area contributed by atoms with Gasteiger partial charge in [-0.2, -0.15) is 0 Å². The summed E-state index contributed by atoms with van der Waals surface area (Å²) in [5.74, 6) is 0.384. The lowest BCUT2D eigenvalue weighted by Crippen LogP contribution is -2.12. The monoisotopic (exact) mass is 427 g/mol. The van der Waals surface area contributed by atoms with E-state index in [2.05, 4.69) is 19.0 Å². The fraction of sp³-hybridized carbons (Fsp3) is 0.381. The molecule has 2 aromatic rings. The van der Waals surface area contributed by atoms with E-state index >= 15 is 0 Å². The zero-order valence-electron chi connectivity index (χ0n) is 15.6. The number of ketones is 1. The molecule has 0 amide bonds. The molecule has 0 bridgehead atoms. The Balaban J connectivity index is 1.88. The molecule has 27 heavy (non-hydrogen) atoms. The largest absolute Gasteiger partial charge is 0.492 e. The van der Waals surface area contributed by atoms with Gasteiger partial charge in [0.1, 0.15) is 5.75 Å². The second kappa shape index (κ2) is 10.9. The Hall–Kier alpha value is -1.26. The molecular formula is C21H24Cl3NO2. The van der Waals surface area contributed by atoms with E-state index in [4.69, 9.17) is 39.5 Å². The molecule has 3 nitrogen and oxygen atoms in total. The third kappa shape index (κ3) is 7.00. The lowest BCUT2D eigenvalue weighted by molar-refractivity contribution is 0.103. The summed E-state index contributed by atoms with van der Waals surface area (Å²) in [5.41, 5.74) is 0.851. The van der Waals surface area contributed by atoms with Crippen molar-refractivity contribution in [3.8, 4) is 5.75 Å². The molecule has 2 aromatic carbocycles. The summed E-state index contributed by atoms with van der Waals surface area (Å²) in [6.07, 6.45) is 4.48. The minimum atomic E-state index is -0.203. The van der Waals surface area contributed by atoms with Crippen molar-refractivity contribution in [2.45, 2.75) is 25.7 Å². The molecule has 0 radical (unpaired) electrons. The highest BCUT2D eigenvalue weighted by molar-refractivity contribution is 6.37. The van der Waals surface area contributed by atoms with Crippen molar-refractivity contribution >= 4 is 40.6 Å². The number of unbranched alkanes of at least 4 members (excludes halogenated alkanes) is 3. The van der Waals surface area contributed by atoms with Gasteiger partial charge in [0.05, 0.1) is 16.7 Å². The standard InChI is InChI=1S/C21H24Cl3NO2/c1-25(2)11-5-3-4-6-12-27-20-10-7-15(13-19(20)24)21(26)17-9-8-16(22)14-18(17)23/h7-10,13-14H,3-6,11-12H2,1-2H3. The molecular weight excluding hydrogens is 405 g/mol. The quantitative estimate of drug-likeness (QED) is 0.325. The van der Waals surface area contributed by atoms with Crippen LogP contribution in [0.3, 0.4) is 0 Å². The molecule has 2 rings (SSSR count). The number of ether oxygens (including phenoxy) is 1. The van der Waals surface area contributed by atoms with Gasteiger partial charge in [-0.05, 0) is 69.9 Å². The predicted octanol–water partition coefficient (Wildman–Crippen LogP) is 6.38. The summed E-state index contributed by atoms with van der Waals surface area (Å²) in [5, 5.41) is 1.22. The maximum Gasteiger partial charge on any atom is 0.194 e. The summed E-state index contributed by atoms with van der Waals surface area (Å²) in [4.78, 5) is 14.8. The summed E-state index contributed by atoms with van der Waals surface area (Å²) in [6, 6.07) is 9.84. The second-order valence-electron chi connectivity index (χ2n) is 6.66. The third-order valence-corrected chi connectivity index (χ3v) is 4.97. The van der Waals surface area contributed by atoms with Crippen LogP contribution in [0.4, 0.5) is 0 Å². The van der Waals surface area contributed by atoms with Crippen LogP contribution >= 0.6 is 34.8 Å². The summed E-state index contributed by atoms with van der Waals surface area (Å²) < 4.78 is 5.75. The van der Waals surface area contributed by atoms with E-state index in [0.717, 1.165) is 19.4 Å². The maximum absolute atomic E-state index is 12.6. The Morgan fingerprint density at radius 2 is 1.67 bits per heavy atom. The van der Waals surface area contributed by atoms with Crippen LogP contribution in [0.25, 0.3) is 0 Å². The van der Waals surface area contributed by atoms with Gasteiger partial charge in [-0.3, -0.25) is 4.79 Å². The van der Waals surface area contributed by atoms with Crippen molar-refractivity contribution in [1.29, 1.82) is 0 Å². The molecule has 0 heterocycles. The first-order valence-electron chi connectivity index (χ1n) is 8.95. The van der Waals surface area contributed by atoms with Gasteiger partial charge in [0.25, 0.3) is 0 Å². The zero-order valence-corrected chi connectivity index (χ0v) is 17.9. The molecule has 0 saturated heterocycles. The number of hydrogen-bond donors (Lipinski definition) is 0. The Labute approximate surface area is 176 Å². The van der Waals surface area contributed by atoms with Crippen molar-refractivity contribution < 1.29 is 9.53 Å². The third-order valence-electron chi connectivity index (χ3n) is 4.13. The number of halogens is 3. The predicted molar refractivity (Wildman–Crippen MR) is 114 cm³/mol. The minimum absolute atomic E-state index is 0.203. The molecule has 0 unspecified atom stereocenters. The molecule has 0 spiro atoms. The van der Waals surface area contributed by atoms with E-state index in [1.807, 2.05) is 0 Å². The van der Waals surface area contributed by atoms with Crippen molar-refractivity contribution in [2.24, 2.45) is 0 Å². The SMILES string of the molecule is CN(C)CCCCCCOc1ccc(C(=O)c2ccc(Cl)cc2Cl)cc1Cl. The van der Waals surface area contributed by atoms with Gasteiger partial charge in [0.15, 0.2) is 5.78 Å². The fourth-order valence-electron chi connectivity index (χ4n) is 2.65. The number of benzene rings is 2. The van der Waals surface area contributed by atoms with Crippen LogP contribution in [-0.4, -0.2) is 37.9 Å². The number of carbonyl (C=O) groups excluding carboxylic acids is 1. The van der Waals surface area contributed by atoms with Gasteiger partial charge in [0.2, 0.25) is 0 Å². The van der Waals surface area contributed by atoms with E-state index in [9.17, 15) is 4.79 Å². The van der Waals surface area contributed by atoms with Crippen molar-refractivity contribution in [3.63, 3.8) is 0 Å². The first-order valence-corrected chi connectivity index (χ1v) is 10.1. The molecule has 0 aliphatic rings. The van der Waals surface area contributed by atoms with Gasteiger partial charge in [-0.25, -0.2) is 0 Å². The average molecular weight is 429 g/mol. The molecule has 146 valence electrons. The Morgan fingerprint density at radius 3 is 2.33 bits per heavy atom. The Morgan fingerprint density at radius 1 is 0.926 bits per heavy atom. The Bertz CT molecular complexity index is 778. The van der Waals surface area contributed by atoms with Crippen LogP contribution in [0.1, 0.15) is 41.6 Å². The van der Waals surface area contributed by atoms with Gasteiger partial charge in [-0.15, -0.1) is 0 Å². The van der Waals surface area contributed by atoms with Gasteiger partial charge < -0.3 is 9.64 Å². The van der Waals surface area contributed by atoms with E-state index < -0.39 is 0 Å². The molecule has 0 N–H and O–H groups in total. The van der Waals surface area contributed by atoms with Crippen LogP contribution < -0.4 is 4.74 Å². The molecule has 0 fully saturated rings. The van der Waals surface area contributed by atoms with E-state index in [-0.39, 0.29) is 5.78 Å². The van der Waals surface area contributed by atoms with E-state index in [0.29, 0.717) is 38.6 Å². The van der Waals surface area contributed by atoms with E-state index in [1.165, 1.54) is 12.8 Å². The molecule has 0 aliphatic carbocycles. The summed E-state index contributed by atoms with van der Waals surface area (Å²) in [7, 11) is 4.17. The highest BCUT2D eigenvalue weighted by Crippen LogP contribution is 2.29. The van der Waals surface area contributed by atoms with Crippen LogP contribution in [-0.2, 0) is 0 Å². The molecule has 6 heteroatoms. The highest BCUT2D eigenvalue weighted by atomic mass is 35.5. The van der Waals surface area contributed by atoms with Crippen LogP contribution in [0.2, 0.25) is 15.1 Å². The Kier molecular flexibility index (Phi) is 8.91. The normalized spacial score (nSPS) is 11.0. The summed E-state index contributed by atoms with van der Waals surface area (Å²) in [6.45, 7) is 1.72. The van der Waals surface area contributed by atoms with Gasteiger partial charge >= 0.3 is 0 Å². The maximum atomic E-state index is 12.6. The summed E-state index contributed by atoms with van der Waals surface area (Å²) >= 11 is 18.3. The van der Waals surface area contributed by atoms with Gasteiger partial charge in [0, 0.05) is 16.1 Å². The van der Waals surface area contributed by atoms with Crippen LogP contribution in [0.5, 0.6) is 5.75 Å². The van der Waals surface area contributed by atoms with Crippen molar-refractivity contribution in [3.05, 3.63) is 62.6 Å². The molecule has 0 atom stereocenters. The van der Waals surface area contributed by atoms with Gasteiger partial charge in [-0.1, -0.05) is 47.6 Å². The lowest BCUT2D eigenvalue weighted by atomic mass is 10.0. The fourth-order valence-corrected chi connectivity index (χ4v) is 3.38. The zero-order chi connectivity index (χ0) is 19.8. The van der Waals surface area contributed by atoms with Crippen molar-refractivity contribution in [2.75, 3.05) is 27.2 Å². The van der Waals surface area contributed by atoms with Crippen molar-refractivity contribution in [1.82, 2.24) is 4.90 Å². The first kappa shape index (κ1) is 22.0. The van der Waals surface area contributed by atoms with Crippen LogP contribution in [0, 0.1) is 0 Å². The smallest absolute Gasteiger partial charge is 0.194 e. The number of carbonyl (C=O) groups is 1. The topological polar surface area (TPSA) is 29.5 Å². The second-order valence-corrected chi connectivity index (χ2v) is 7.92. The minimum Gasteiger partial charge on any atom is -0.492 e. The number of rotatable bonds is 10. The first-order chi connectivity index (χ1) is 12.9. The van der Waals surface area contributed by atoms with Crippen LogP contribution in [0.15, 0.2) is 36.4 Å². The molecule has 0 saturated carbocycles. The molecule has 0 aromatic heterocycles. The number of hydrogen-bond acceptors (Lipinski definition) is 3. The average Bonchev–Trinajstić information content (AvgIpc) is 2.61.